The summed E-state index contributed by atoms with van der Waals surface area (Å²) < 4.78 is 5.30. The first kappa shape index (κ1) is 15.4. The highest BCUT2D eigenvalue weighted by molar-refractivity contribution is 5.98. The van der Waals surface area contributed by atoms with E-state index in [1.807, 2.05) is 0 Å². The molecule has 1 aromatic rings. The Bertz CT molecular complexity index is 516. The van der Waals surface area contributed by atoms with Crippen molar-refractivity contribution < 1.29 is 14.3 Å². The topological polar surface area (TPSA) is 72.6 Å². The number of nitrogens with two attached hydrogens (primary N) is 1. The average Bonchev–Trinajstić information content (AvgIpc) is 2.47. The number of hydrogen-bond donors (Lipinski definition) is 1. The zero-order valence-corrected chi connectivity index (χ0v) is 12.6. The van der Waals surface area contributed by atoms with Gasteiger partial charge in [-0.25, -0.2) is 4.79 Å². The van der Waals surface area contributed by atoms with E-state index < -0.39 is 12.1 Å². The summed E-state index contributed by atoms with van der Waals surface area (Å²) in [6, 6.07) is 5.23. The molecule has 5 nitrogen and oxygen atoms in total. The number of aryl methyl sites for hydroxylation is 1. The molecule has 1 fully saturated rings. The van der Waals surface area contributed by atoms with Gasteiger partial charge in [0.05, 0.1) is 5.56 Å². The van der Waals surface area contributed by atoms with Gasteiger partial charge in [0.15, 0.2) is 6.10 Å². The number of nitrogens with zero attached hydrogens (tertiary/aromatic N) is 1. The number of piperidine rings is 1. The molecule has 0 bridgehead atoms. The van der Waals surface area contributed by atoms with Gasteiger partial charge in [-0.1, -0.05) is 12.1 Å². The number of nitrogen functional groups attached to an aromatic ring is 1. The maximum Gasteiger partial charge on any atom is 0.341 e. The lowest BCUT2D eigenvalue weighted by molar-refractivity contribution is -0.140. The summed E-state index contributed by atoms with van der Waals surface area (Å²) in [6.45, 7) is 4.90. The molecule has 1 aliphatic rings. The van der Waals surface area contributed by atoms with Crippen molar-refractivity contribution in [3.8, 4) is 0 Å². The molecule has 1 aromatic carbocycles. The van der Waals surface area contributed by atoms with Crippen LogP contribution in [0.25, 0.3) is 0 Å². The van der Waals surface area contributed by atoms with Gasteiger partial charge in [-0.3, -0.25) is 4.79 Å². The summed E-state index contributed by atoms with van der Waals surface area (Å²) in [5, 5.41) is 0. The average molecular weight is 290 g/mol. The van der Waals surface area contributed by atoms with E-state index in [2.05, 4.69) is 0 Å². The van der Waals surface area contributed by atoms with Gasteiger partial charge in [0.25, 0.3) is 5.91 Å². The Labute approximate surface area is 125 Å². The first-order valence-corrected chi connectivity index (χ1v) is 7.35. The molecule has 0 saturated carbocycles. The second kappa shape index (κ2) is 6.61. The van der Waals surface area contributed by atoms with E-state index in [1.165, 1.54) is 0 Å². The molecule has 2 N–H and O–H groups in total. The molecular weight excluding hydrogens is 268 g/mol. The Kier molecular flexibility index (Phi) is 4.83. The molecular formula is C16H22N2O3. The van der Waals surface area contributed by atoms with Crippen LogP contribution in [0.3, 0.4) is 0 Å². The predicted octanol–water partition coefficient (Wildman–Crippen LogP) is 2.14. The summed E-state index contributed by atoms with van der Waals surface area (Å²) in [5.41, 5.74) is 7.28. The highest BCUT2D eigenvalue weighted by Crippen LogP contribution is 2.19. The van der Waals surface area contributed by atoms with Crippen LogP contribution in [0.2, 0.25) is 0 Å². The number of rotatable bonds is 3. The number of amides is 1. The molecule has 114 valence electrons. The third kappa shape index (κ3) is 3.54. The smallest absolute Gasteiger partial charge is 0.341 e. The zero-order chi connectivity index (χ0) is 15.4. The van der Waals surface area contributed by atoms with Crippen LogP contribution in [0, 0.1) is 6.92 Å². The molecule has 0 aliphatic carbocycles. The van der Waals surface area contributed by atoms with Crippen LogP contribution in [0.4, 0.5) is 5.69 Å². The lowest BCUT2D eigenvalue weighted by Crippen LogP contribution is -2.42. The molecule has 1 saturated heterocycles. The molecule has 1 amide bonds. The fourth-order valence-corrected chi connectivity index (χ4v) is 2.61. The van der Waals surface area contributed by atoms with Gasteiger partial charge in [0, 0.05) is 18.8 Å². The Hall–Kier alpha value is -2.04. The third-order valence-electron chi connectivity index (χ3n) is 3.81. The summed E-state index contributed by atoms with van der Waals surface area (Å²) >= 11 is 0. The Balaban J connectivity index is 2.03. The lowest BCUT2D eigenvalue weighted by atomic mass is 10.1. The van der Waals surface area contributed by atoms with E-state index in [9.17, 15) is 9.59 Å². The fourth-order valence-electron chi connectivity index (χ4n) is 2.61. The van der Waals surface area contributed by atoms with Gasteiger partial charge in [-0.15, -0.1) is 0 Å². The van der Waals surface area contributed by atoms with E-state index >= 15 is 0 Å². The zero-order valence-electron chi connectivity index (χ0n) is 12.6. The van der Waals surface area contributed by atoms with Crippen LogP contribution >= 0.6 is 0 Å². The molecule has 0 spiro atoms. The largest absolute Gasteiger partial charge is 0.449 e. The second-order valence-corrected chi connectivity index (χ2v) is 5.47. The summed E-state index contributed by atoms with van der Waals surface area (Å²) in [6.07, 6.45) is 2.39. The maximum atomic E-state index is 12.3. The van der Waals surface area contributed by atoms with Gasteiger partial charge in [-0.2, -0.15) is 0 Å². The van der Waals surface area contributed by atoms with Crippen molar-refractivity contribution in [2.45, 2.75) is 39.2 Å². The van der Waals surface area contributed by atoms with Gasteiger partial charge < -0.3 is 15.4 Å². The number of likely N-dealkylation sites (tertiary alicyclic amines) is 1. The Morgan fingerprint density at radius 1 is 1.24 bits per heavy atom. The molecule has 1 aliphatic heterocycles. The number of hydrogen-bond acceptors (Lipinski definition) is 4. The first-order valence-electron chi connectivity index (χ1n) is 7.35. The standard InChI is InChI=1S/C16H22N2O3/c1-11-7-6-8-13(17)14(11)16(20)21-12(2)15(19)18-9-4-3-5-10-18/h6-8,12H,3-5,9-10,17H2,1-2H3. The van der Waals surface area contributed by atoms with E-state index in [1.54, 1.807) is 36.9 Å². The van der Waals surface area contributed by atoms with Gasteiger partial charge in [0.1, 0.15) is 0 Å². The van der Waals surface area contributed by atoms with E-state index in [-0.39, 0.29) is 5.91 Å². The molecule has 5 heteroatoms. The number of carbonyl (C=O) groups is 2. The fraction of sp³-hybridized carbons (Fsp3) is 0.500. The summed E-state index contributed by atoms with van der Waals surface area (Å²) in [5.74, 6) is -0.668. The number of carbonyl (C=O) groups excluding carboxylic acids is 2. The predicted molar refractivity (Wildman–Crippen MR) is 80.9 cm³/mol. The van der Waals surface area contributed by atoms with Crippen LogP contribution in [0.5, 0.6) is 0 Å². The molecule has 1 heterocycles. The van der Waals surface area contributed by atoms with Crippen molar-refractivity contribution in [1.29, 1.82) is 0 Å². The van der Waals surface area contributed by atoms with Crippen molar-refractivity contribution >= 4 is 17.6 Å². The monoisotopic (exact) mass is 290 g/mol. The quantitative estimate of drug-likeness (QED) is 0.683. The minimum atomic E-state index is -0.783. The van der Waals surface area contributed by atoms with Crippen molar-refractivity contribution in [2.75, 3.05) is 18.8 Å². The van der Waals surface area contributed by atoms with Gasteiger partial charge in [-0.05, 0) is 44.7 Å². The van der Waals surface area contributed by atoms with Crippen LogP contribution in [0.15, 0.2) is 18.2 Å². The molecule has 21 heavy (non-hydrogen) atoms. The number of ether oxygens (including phenoxy) is 1. The first-order chi connectivity index (χ1) is 10.0. The molecule has 0 aromatic heterocycles. The minimum Gasteiger partial charge on any atom is -0.449 e. The molecule has 2 rings (SSSR count). The minimum absolute atomic E-state index is 0.129. The van der Waals surface area contributed by atoms with E-state index in [0.717, 1.165) is 37.9 Å². The second-order valence-electron chi connectivity index (χ2n) is 5.47. The van der Waals surface area contributed by atoms with Crippen LogP contribution in [-0.4, -0.2) is 36.0 Å². The highest BCUT2D eigenvalue weighted by Gasteiger charge is 2.26. The Morgan fingerprint density at radius 2 is 1.90 bits per heavy atom. The lowest BCUT2D eigenvalue weighted by Gasteiger charge is -2.29. The van der Waals surface area contributed by atoms with Crippen LogP contribution in [0.1, 0.15) is 42.1 Å². The van der Waals surface area contributed by atoms with Crippen LogP contribution < -0.4 is 5.73 Å². The Morgan fingerprint density at radius 3 is 2.52 bits per heavy atom. The normalized spacial score (nSPS) is 16.4. The summed E-state index contributed by atoms with van der Waals surface area (Å²) in [4.78, 5) is 26.2. The van der Waals surface area contributed by atoms with Gasteiger partial charge in [0.2, 0.25) is 0 Å². The van der Waals surface area contributed by atoms with E-state index in [0.29, 0.717) is 11.3 Å². The third-order valence-corrected chi connectivity index (χ3v) is 3.81. The summed E-state index contributed by atoms with van der Waals surface area (Å²) in [7, 11) is 0. The van der Waals surface area contributed by atoms with E-state index in [4.69, 9.17) is 10.5 Å². The molecule has 1 unspecified atom stereocenters. The number of benzene rings is 1. The van der Waals surface area contributed by atoms with Crippen molar-refractivity contribution in [2.24, 2.45) is 0 Å². The van der Waals surface area contributed by atoms with Crippen molar-refractivity contribution in [3.63, 3.8) is 0 Å². The van der Waals surface area contributed by atoms with Crippen molar-refractivity contribution in [1.82, 2.24) is 4.90 Å². The SMILES string of the molecule is Cc1cccc(N)c1C(=O)OC(C)C(=O)N1CCCCC1. The van der Waals surface area contributed by atoms with Crippen LogP contribution in [-0.2, 0) is 9.53 Å². The highest BCUT2D eigenvalue weighted by atomic mass is 16.5. The number of anilines is 1. The molecule has 0 radical (unpaired) electrons. The van der Waals surface area contributed by atoms with Crippen molar-refractivity contribution in [3.05, 3.63) is 29.3 Å². The molecule has 1 atom stereocenters. The number of esters is 1. The maximum absolute atomic E-state index is 12.3. The van der Waals surface area contributed by atoms with Gasteiger partial charge >= 0.3 is 5.97 Å².